The predicted molar refractivity (Wildman–Crippen MR) is 65.2 cm³/mol. The van der Waals surface area contributed by atoms with Crippen LogP contribution in [-0.4, -0.2) is 6.54 Å². The van der Waals surface area contributed by atoms with Gasteiger partial charge in [-0.05, 0) is 43.0 Å². The standard InChI is InChI=1S/C13H17ClFN/c1-2-16-13(9-4-3-5-9)10-6-7-11(14)12(15)8-10/h6-9,13,16H,2-5H2,1H3. The molecule has 1 atom stereocenters. The summed E-state index contributed by atoms with van der Waals surface area (Å²) in [6, 6.07) is 5.42. The largest absolute Gasteiger partial charge is 0.310 e. The normalized spacial score (nSPS) is 18.2. The lowest BCUT2D eigenvalue weighted by atomic mass is 9.77. The summed E-state index contributed by atoms with van der Waals surface area (Å²) in [4.78, 5) is 0. The van der Waals surface area contributed by atoms with Gasteiger partial charge >= 0.3 is 0 Å². The second-order valence-electron chi connectivity index (χ2n) is 4.40. The molecule has 88 valence electrons. The summed E-state index contributed by atoms with van der Waals surface area (Å²) in [6.07, 6.45) is 3.77. The third-order valence-corrected chi connectivity index (χ3v) is 3.65. The minimum absolute atomic E-state index is 0.201. The molecule has 0 amide bonds. The van der Waals surface area contributed by atoms with E-state index in [9.17, 15) is 4.39 Å². The fourth-order valence-corrected chi connectivity index (χ4v) is 2.37. The van der Waals surface area contributed by atoms with Crippen molar-refractivity contribution in [3.63, 3.8) is 0 Å². The molecule has 1 aliphatic rings. The maximum atomic E-state index is 13.4. The number of nitrogens with one attached hydrogen (secondary N) is 1. The van der Waals surface area contributed by atoms with E-state index in [1.54, 1.807) is 12.1 Å². The van der Waals surface area contributed by atoms with E-state index < -0.39 is 0 Å². The minimum atomic E-state index is -0.318. The van der Waals surface area contributed by atoms with Gasteiger partial charge < -0.3 is 5.32 Å². The van der Waals surface area contributed by atoms with Gasteiger partial charge in [0.15, 0.2) is 0 Å². The van der Waals surface area contributed by atoms with Crippen LogP contribution < -0.4 is 5.32 Å². The topological polar surface area (TPSA) is 12.0 Å². The van der Waals surface area contributed by atoms with Crippen LogP contribution in [0.5, 0.6) is 0 Å². The van der Waals surface area contributed by atoms with E-state index in [0.717, 1.165) is 12.1 Å². The molecule has 0 aliphatic heterocycles. The molecule has 1 fully saturated rings. The molecule has 1 N–H and O–H groups in total. The highest BCUT2D eigenvalue weighted by molar-refractivity contribution is 6.30. The van der Waals surface area contributed by atoms with Crippen molar-refractivity contribution in [2.75, 3.05) is 6.54 Å². The highest BCUT2D eigenvalue weighted by Gasteiger charge is 2.28. The Hall–Kier alpha value is -0.600. The van der Waals surface area contributed by atoms with Crippen molar-refractivity contribution >= 4 is 11.6 Å². The number of rotatable bonds is 4. The quantitative estimate of drug-likeness (QED) is 0.842. The molecule has 3 heteroatoms. The Bertz CT molecular complexity index is 363. The van der Waals surface area contributed by atoms with Crippen LogP contribution in [0.2, 0.25) is 5.02 Å². The van der Waals surface area contributed by atoms with Crippen molar-refractivity contribution in [3.05, 3.63) is 34.6 Å². The number of hydrogen-bond donors (Lipinski definition) is 1. The second kappa shape index (κ2) is 5.15. The van der Waals surface area contributed by atoms with Gasteiger partial charge in [0.1, 0.15) is 5.82 Å². The maximum Gasteiger partial charge on any atom is 0.142 e. The molecule has 0 bridgehead atoms. The summed E-state index contributed by atoms with van der Waals surface area (Å²) in [6.45, 7) is 2.99. The van der Waals surface area contributed by atoms with Gasteiger partial charge in [0.25, 0.3) is 0 Å². The molecular weight excluding hydrogens is 225 g/mol. The van der Waals surface area contributed by atoms with E-state index in [4.69, 9.17) is 11.6 Å². The molecule has 0 saturated heterocycles. The molecule has 1 aromatic rings. The molecule has 1 aromatic carbocycles. The van der Waals surface area contributed by atoms with Gasteiger partial charge in [-0.3, -0.25) is 0 Å². The van der Waals surface area contributed by atoms with Gasteiger partial charge in [0.2, 0.25) is 0 Å². The predicted octanol–water partition coefficient (Wildman–Crippen LogP) is 3.93. The lowest BCUT2D eigenvalue weighted by molar-refractivity contribution is 0.233. The Balaban J connectivity index is 2.20. The Kier molecular flexibility index (Phi) is 3.82. The third-order valence-electron chi connectivity index (χ3n) is 3.35. The molecule has 16 heavy (non-hydrogen) atoms. The fourth-order valence-electron chi connectivity index (χ4n) is 2.26. The molecule has 1 nitrogen and oxygen atoms in total. The van der Waals surface area contributed by atoms with Gasteiger partial charge in [0.05, 0.1) is 5.02 Å². The zero-order chi connectivity index (χ0) is 11.5. The van der Waals surface area contributed by atoms with Crippen LogP contribution in [0.1, 0.15) is 37.8 Å². The van der Waals surface area contributed by atoms with E-state index in [1.165, 1.54) is 19.3 Å². The minimum Gasteiger partial charge on any atom is -0.310 e. The van der Waals surface area contributed by atoms with Gasteiger partial charge in [-0.2, -0.15) is 0 Å². The van der Waals surface area contributed by atoms with Crippen LogP contribution >= 0.6 is 11.6 Å². The summed E-state index contributed by atoms with van der Waals surface area (Å²) in [7, 11) is 0. The summed E-state index contributed by atoms with van der Waals surface area (Å²) in [5.41, 5.74) is 1.02. The molecule has 1 aliphatic carbocycles. The maximum absolute atomic E-state index is 13.4. The van der Waals surface area contributed by atoms with Crippen LogP contribution in [0.25, 0.3) is 0 Å². The molecule has 2 rings (SSSR count). The number of halogens is 2. The van der Waals surface area contributed by atoms with Gasteiger partial charge in [-0.15, -0.1) is 0 Å². The Labute approximate surface area is 101 Å². The summed E-state index contributed by atoms with van der Waals surface area (Å²) >= 11 is 5.69. The van der Waals surface area contributed by atoms with Crippen LogP contribution in [0, 0.1) is 11.7 Å². The average Bonchev–Trinajstić information content (AvgIpc) is 2.19. The van der Waals surface area contributed by atoms with Crippen molar-refractivity contribution < 1.29 is 4.39 Å². The first-order valence-corrected chi connectivity index (χ1v) is 6.28. The Morgan fingerprint density at radius 1 is 1.50 bits per heavy atom. The summed E-state index contributed by atoms with van der Waals surface area (Å²) < 4.78 is 13.4. The van der Waals surface area contributed by atoms with Crippen LogP contribution in [0.4, 0.5) is 4.39 Å². The molecule has 1 saturated carbocycles. The third kappa shape index (κ3) is 2.38. The van der Waals surface area contributed by atoms with Gasteiger partial charge in [-0.1, -0.05) is 31.0 Å². The first-order chi connectivity index (χ1) is 7.72. The second-order valence-corrected chi connectivity index (χ2v) is 4.81. The van der Waals surface area contributed by atoms with Crippen LogP contribution in [0.15, 0.2) is 18.2 Å². The molecule has 0 heterocycles. The van der Waals surface area contributed by atoms with Crippen molar-refractivity contribution in [1.82, 2.24) is 5.32 Å². The van der Waals surface area contributed by atoms with Crippen LogP contribution in [-0.2, 0) is 0 Å². The van der Waals surface area contributed by atoms with Crippen molar-refractivity contribution in [3.8, 4) is 0 Å². The molecule has 0 aromatic heterocycles. The van der Waals surface area contributed by atoms with Crippen LogP contribution in [0.3, 0.4) is 0 Å². The zero-order valence-electron chi connectivity index (χ0n) is 9.47. The van der Waals surface area contributed by atoms with Crippen molar-refractivity contribution in [2.24, 2.45) is 5.92 Å². The summed E-state index contributed by atoms with van der Waals surface area (Å²) in [5.74, 6) is 0.335. The SMILES string of the molecule is CCNC(c1ccc(Cl)c(F)c1)C1CCC1. The zero-order valence-corrected chi connectivity index (χ0v) is 10.2. The summed E-state index contributed by atoms with van der Waals surface area (Å²) in [5, 5.41) is 3.64. The van der Waals surface area contributed by atoms with E-state index in [-0.39, 0.29) is 16.9 Å². The van der Waals surface area contributed by atoms with E-state index in [0.29, 0.717) is 5.92 Å². The first-order valence-electron chi connectivity index (χ1n) is 5.90. The smallest absolute Gasteiger partial charge is 0.142 e. The first kappa shape index (κ1) is 11.9. The Morgan fingerprint density at radius 2 is 2.25 bits per heavy atom. The van der Waals surface area contributed by atoms with E-state index in [2.05, 4.69) is 12.2 Å². The number of hydrogen-bond acceptors (Lipinski definition) is 1. The fraction of sp³-hybridized carbons (Fsp3) is 0.538. The van der Waals surface area contributed by atoms with E-state index in [1.807, 2.05) is 6.07 Å². The van der Waals surface area contributed by atoms with E-state index >= 15 is 0 Å². The molecule has 0 spiro atoms. The Morgan fingerprint density at radius 3 is 2.75 bits per heavy atom. The number of benzene rings is 1. The van der Waals surface area contributed by atoms with Gasteiger partial charge in [0, 0.05) is 6.04 Å². The highest BCUT2D eigenvalue weighted by Crippen LogP contribution is 2.38. The van der Waals surface area contributed by atoms with Gasteiger partial charge in [-0.25, -0.2) is 4.39 Å². The van der Waals surface area contributed by atoms with Crippen molar-refractivity contribution in [1.29, 1.82) is 0 Å². The molecular formula is C13H17ClFN. The lowest BCUT2D eigenvalue weighted by Crippen LogP contribution is -2.32. The lowest BCUT2D eigenvalue weighted by Gasteiger charge is -2.34. The highest BCUT2D eigenvalue weighted by atomic mass is 35.5. The average molecular weight is 242 g/mol. The molecule has 0 radical (unpaired) electrons. The monoisotopic (exact) mass is 241 g/mol. The molecule has 1 unspecified atom stereocenters. The van der Waals surface area contributed by atoms with Crippen molar-refractivity contribution in [2.45, 2.75) is 32.2 Å².